The van der Waals surface area contributed by atoms with Crippen molar-refractivity contribution in [1.29, 1.82) is 0 Å². The van der Waals surface area contributed by atoms with E-state index in [2.05, 4.69) is 27.1 Å². The summed E-state index contributed by atoms with van der Waals surface area (Å²) in [6.07, 6.45) is 4.44. The molecule has 2 unspecified atom stereocenters. The fourth-order valence-electron chi connectivity index (χ4n) is 6.04. The number of carbonyl (C=O) groups is 3. The van der Waals surface area contributed by atoms with Gasteiger partial charge in [0.05, 0.1) is 5.41 Å². The number of hydrogen-bond acceptors (Lipinski definition) is 5. The van der Waals surface area contributed by atoms with Crippen LogP contribution in [0.3, 0.4) is 0 Å². The third-order valence-corrected chi connectivity index (χ3v) is 8.04. The van der Waals surface area contributed by atoms with E-state index in [1.54, 1.807) is 25.4 Å². The lowest BCUT2D eigenvalue weighted by Crippen LogP contribution is -2.47. The molecule has 6 rings (SSSR count). The number of carbonyl (C=O) groups excluding carboxylic acids is 3. The summed E-state index contributed by atoms with van der Waals surface area (Å²) in [7, 11) is 1.69. The van der Waals surface area contributed by atoms with Gasteiger partial charge in [0.15, 0.2) is 0 Å². The van der Waals surface area contributed by atoms with Crippen molar-refractivity contribution in [2.45, 2.75) is 43.1 Å². The maximum absolute atomic E-state index is 13.7. The van der Waals surface area contributed by atoms with Crippen molar-refractivity contribution >= 4 is 29.1 Å². The molecule has 1 aliphatic carbocycles. The molecule has 37 heavy (non-hydrogen) atoms. The molecular weight excluding hydrogens is 470 g/mol. The van der Waals surface area contributed by atoms with E-state index in [-0.39, 0.29) is 23.6 Å². The first-order valence-electron chi connectivity index (χ1n) is 12.7. The van der Waals surface area contributed by atoms with E-state index in [1.165, 1.54) is 10.2 Å². The van der Waals surface area contributed by atoms with Crippen LogP contribution < -0.4 is 16.0 Å². The van der Waals surface area contributed by atoms with Crippen LogP contribution in [0.15, 0.2) is 54.7 Å². The van der Waals surface area contributed by atoms with E-state index in [0.717, 1.165) is 24.0 Å². The number of nitrogens with zero attached hydrogens (tertiary/aromatic N) is 2. The van der Waals surface area contributed by atoms with Crippen LogP contribution in [0.4, 0.5) is 11.4 Å². The number of aryl methyl sites for hydroxylation is 2. The molecule has 0 radical (unpaired) electrons. The van der Waals surface area contributed by atoms with Crippen molar-refractivity contribution in [2.24, 2.45) is 7.05 Å². The fourth-order valence-corrected chi connectivity index (χ4v) is 6.04. The van der Waals surface area contributed by atoms with Gasteiger partial charge in [-0.3, -0.25) is 19.1 Å². The van der Waals surface area contributed by atoms with Crippen molar-refractivity contribution in [1.82, 2.24) is 15.1 Å². The highest BCUT2D eigenvalue weighted by Gasteiger charge is 2.47. The summed E-state index contributed by atoms with van der Waals surface area (Å²) in [5.74, 6) is -0.833. The average Bonchev–Trinajstić information content (AvgIpc) is 3.59. The molecule has 2 atom stereocenters. The first-order chi connectivity index (χ1) is 18.0. The van der Waals surface area contributed by atoms with Crippen LogP contribution >= 0.6 is 0 Å². The van der Waals surface area contributed by atoms with E-state index >= 15 is 0 Å². The van der Waals surface area contributed by atoms with Gasteiger partial charge in [0, 0.05) is 43.8 Å². The van der Waals surface area contributed by atoms with Crippen LogP contribution in [0, 0.1) is 0 Å². The second-order valence-electron chi connectivity index (χ2n) is 10.0. The number of fused-ring (bicyclic) bond motifs is 3. The predicted molar refractivity (Wildman–Crippen MR) is 137 cm³/mol. The monoisotopic (exact) mass is 499 g/mol. The van der Waals surface area contributed by atoms with Gasteiger partial charge in [-0.1, -0.05) is 30.3 Å². The molecule has 9 nitrogen and oxygen atoms in total. The maximum atomic E-state index is 13.7. The lowest BCUT2D eigenvalue weighted by Gasteiger charge is -2.31. The summed E-state index contributed by atoms with van der Waals surface area (Å²) in [5, 5.41) is 13.1. The molecule has 2 aromatic carbocycles. The topological polar surface area (TPSA) is 114 Å². The number of anilines is 2. The largest absolute Gasteiger partial charge is 0.381 e. The number of ether oxygens (including phenoxy) is 1. The smallest absolute Gasteiger partial charge is 0.270 e. The maximum Gasteiger partial charge on any atom is 0.270 e. The average molecular weight is 500 g/mol. The van der Waals surface area contributed by atoms with Crippen molar-refractivity contribution in [3.63, 3.8) is 0 Å². The zero-order chi connectivity index (χ0) is 25.6. The minimum Gasteiger partial charge on any atom is -0.381 e. The van der Waals surface area contributed by atoms with Crippen LogP contribution in [-0.2, 0) is 33.2 Å². The summed E-state index contributed by atoms with van der Waals surface area (Å²) >= 11 is 0. The minimum absolute atomic E-state index is 0.0156. The Kier molecular flexibility index (Phi) is 5.79. The molecule has 0 bridgehead atoms. The number of benzene rings is 2. The van der Waals surface area contributed by atoms with Crippen molar-refractivity contribution in [3.8, 4) is 0 Å². The van der Waals surface area contributed by atoms with E-state index in [4.69, 9.17) is 4.74 Å². The Morgan fingerprint density at radius 2 is 1.97 bits per heavy atom. The molecule has 3 aliphatic rings. The summed E-state index contributed by atoms with van der Waals surface area (Å²) < 4.78 is 6.97. The van der Waals surface area contributed by atoms with E-state index in [9.17, 15) is 14.4 Å². The molecule has 1 saturated heterocycles. The van der Waals surface area contributed by atoms with Gasteiger partial charge in [0.1, 0.15) is 11.7 Å². The lowest BCUT2D eigenvalue weighted by molar-refractivity contribution is -0.124. The summed E-state index contributed by atoms with van der Waals surface area (Å²) in [6, 6.07) is 14.5. The molecule has 3 heterocycles. The molecule has 190 valence electrons. The molecular formula is C28H29N5O4. The Morgan fingerprint density at radius 1 is 1.16 bits per heavy atom. The van der Waals surface area contributed by atoms with Gasteiger partial charge in [-0.2, -0.15) is 5.10 Å². The number of aromatic nitrogens is 2. The Balaban J connectivity index is 1.27. The normalized spacial score (nSPS) is 20.1. The number of hydrogen-bond donors (Lipinski definition) is 3. The van der Waals surface area contributed by atoms with Crippen molar-refractivity contribution in [2.75, 3.05) is 23.8 Å². The molecule has 3 amide bonds. The zero-order valence-electron chi connectivity index (χ0n) is 20.6. The van der Waals surface area contributed by atoms with E-state index in [1.807, 2.05) is 30.3 Å². The summed E-state index contributed by atoms with van der Waals surface area (Å²) in [6.45, 7) is 1.10. The van der Waals surface area contributed by atoms with Gasteiger partial charge in [0.2, 0.25) is 11.8 Å². The highest BCUT2D eigenvalue weighted by atomic mass is 16.5. The molecule has 1 aromatic heterocycles. The van der Waals surface area contributed by atoms with Gasteiger partial charge < -0.3 is 20.7 Å². The Bertz CT molecular complexity index is 1390. The van der Waals surface area contributed by atoms with Crippen LogP contribution in [-0.4, -0.2) is 46.8 Å². The van der Waals surface area contributed by atoms with Gasteiger partial charge in [0.25, 0.3) is 5.91 Å². The zero-order valence-corrected chi connectivity index (χ0v) is 20.6. The first kappa shape index (κ1) is 23.4. The number of nitrogens with one attached hydrogen (secondary N) is 3. The molecule has 2 aliphatic heterocycles. The summed E-state index contributed by atoms with van der Waals surface area (Å²) in [5.41, 5.74) is 4.32. The van der Waals surface area contributed by atoms with Gasteiger partial charge in [-0.25, -0.2) is 0 Å². The molecule has 9 heteroatoms. The first-order valence-corrected chi connectivity index (χ1v) is 12.7. The lowest BCUT2D eigenvalue weighted by atomic mass is 9.75. The van der Waals surface area contributed by atoms with Crippen LogP contribution in [0.2, 0.25) is 0 Å². The van der Waals surface area contributed by atoms with Crippen LogP contribution in [0.25, 0.3) is 0 Å². The highest BCUT2D eigenvalue weighted by Crippen LogP contribution is 2.45. The van der Waals surface area contributed by atoms with Gasteiger partial charge >= 0.3 is 0 Å². The minimum atomic E-state index is -0.782. The van der Waals surface area contributed by atoms with Crippen LogP contribution in [0.1, 0.15) is 52.4 Å². The second-order valence-corrected chi connectivity index (χ2v) is 10.0. The molecule has 3 aromatic rings. The highest BCUT2D eigenvalue weighted by molar-refractivity contribution is 6.07. The third kappa shape index (κ3) is 3.99. The Hall–Kier alpha value is -3.98. The quantitative estimate of drug-likeness (QED) is 0.500. The van der Waals surface area contributed by atoms with Crippen LogP contribution in [0.5, 0.6) is 0 Å². The summed E-state index contributed by atoms with van der Waals surface area (Å²) in [4.78, 5) is 39.7. The van der Waals surface area contributed by atoms with Crippen molar-refractivity contribution < 1.29 is 19.1 Å². The van der Waals surface area contributed by atoms with Gasteiger partial charge in [-0.15, -0.1) is 0 Å². The van der Waals surface area contributed by atoms with Gasteiger partial charge in [-0.05, 0) is 60.6 Å². The third-order valence-electron chi connectivity index (χ3n) is 8.04. The Morgan fingerprint density at radius 3 is 2.76 bits per heavy atom. The number of rotatable bonds is 5. The predicted octanol–water partition coefficient (Wildman–Crippen LogP) is 2.89. The number of amides is 3. The fraction of sp³-hybridized carbons (Fsp3) is 0.357. The standard InChI is InChI=1S/C28H29N5O4/c1-33-23(10-13-29-33)25(34)32-24(20-8-6-17-4-2-3-5-19(17)20)26(35)30-18-7-9-21-22(16-18)31-27(36)28(21)11-14-37-15-12-28/h2-5,7,9-10,13,16,20,24H,6,8,11-12,14-15H2,1H3,(H,30,35)(H,31,36)(H,32,34). The van der Waals surface area contributed by atoms with E-state index in [0.29, 0.717) is 43.1 Å². The Labute approximate surface area is 214 Å². The molecule has 3 N–H and O–H groups in total. The SMILES string of the molecule is Cn1nccc1C(=O)NC(C(=O)Nc1ccc2c(c1)NC(=O)C21CCOCC1)C1CCc2ccccc21. The van der Waals surface area contributed by atoms with E-state index < -0.39 is 11.5 Å². The molecule has 0 saturated carbocycles. The molecule has 1 spiro atoms. The molecule has 1 fully saturated rings. The van der Waals surface area contributed by atoms with Crippen molar-refractivity contribution in [3.05, 3.63) is 77.1 Å². The second kappa shape index (κ2) is 9.15.